The first kappa shape index (κ1) is 28.4. The highest BCUT2D eigenvalue weighted by atomic mass is 16.5. The fourth-order valence-corrected chi connectivity index (χ4v) is 2.78. The molecule has 0 spiro atoms. The molecule has 0 bridgehead atoms. The number of ether oxygens (including phenoxy) is 3. The summed E-state index contributed by atoms with van der Waals surface area (Å²) in [5.41, 5.74) is 0. The maximum atomic E-state index is 11.8. The second kappa shape index (κ2) is 20.6. The lowest BCUT2D eigenvalue weighted by atomic mass is 10.2. The van der Waals surface area contributed by atoms with Gasteiger partial charge in [0.05, 0.1) is 0 Å². The van der Waals surface area contributed by atoms with Crippen molar-refractivity contribution in [1.29, 1.82) is 0 Å². The SMILES string of the molecule is CCCCCC(=O)OCCN(CCOC(=O)CCCC)CCOC(=O)CCCCC. The van der Waals surface area contributed by atoms with E-state index in [-0.39, 0.29) is 37.7 Å². The van der Waals surface area contributed by atoms with Crippen molar-refractivity contribution < 1.29 is 28.6 Å². The van der Waals surface area contributed by atoms with E-state index in [0.717, 1.165) is 51.4 Å². The van der Waals surface area contributed by atoms with Gasteiger partial charge in [-0.3, -0.25) is 19.3 Å². The number of rotatable bonds is 20. The van der Waals surface area contributed by atoms with Crippen LogP contribution in [0.15, 0.2) is 0 Å². The van der Waals surface area contributed by atoms with Crippen LogP contribution in [-0.4, -0.2) is 62.3 Å². The number of carbonyl (C=O) groups excluding carboxylic acids is 3. The van der Waals surface area contributed by atoms with Gasteiger partial charge in [-0.1, -0.05) is 52.9 Å². The third kappa shape index (κ3) is 18.4. The molecule has 0 atom stereocenters. The van der Waals surface area contributed by atoms with Crippen LogP contribution >= 0.6 is 0 Å². The highest BCUT2D eigenvalue weighted by Gasteiger charge is 2.11. The number of hydrogen-bond donors (Lipinski definition) is 0. The zero-order valence-electron chi connectivity index (χ0n) is 19.4. The number of esters is 3. The maximum Gasteiger partial charge on any atom is 0.305 e. The Kier molecular flexibility index (Phi) is 19.5. The zero-order valence-corrected chi connectivity index (χ0v) is 19.4. The smallest absolute Gasteiger partial charge is 0.305 e. The van der Waals surface area contributed by atoms with Crippen LogP contribution in [0.5, 0.6) is 0 Å². The number of hydrogen-bond acceptors (Lipinski definition) is 7. The Balaban J connectivity index is 4.24. The minimum absolute atomic E-state index is 0.184. The second-order valence-electron chi connectivity index (χ2n) is 7.52. The molecule has 0 saturated carbocycles. The maximum absolute atomic E-state index is 11.8. The van der Waals surface area contributed by atoms with E-state index in [1.165, 1.54) is 0 Å². The fourth-order valence-electron chi connectivity index (χ4n) is 2.78. The lowest BCUT2D eigenvalue weighted by molar-refractivity contribution is -0.144. The van der Waals surface area contributed by atoms with Crippen LogP contribution in [0.1, 0.15) is 91.4 Å². The molecule has 0 rings (SSSR count). The Hall–Kier alpha value is -1.63. The van der Waals surface area contributed by atoms with Crippen molar-refractivity contribution >= 4 is 17.9 Å². The van der Waals surface area contributed by atoms with E-state index in [1.807, 2.05) is 11.8 Å². The van der Waals surface area contributed by atoms with Gasteiger partial charge in [-0.05, 0) is 19.3 Å². The van der Waals surface area contributed by atoms with Crippen LogP contribution in [0.3, 0.4) is 0 Å². The van der Waals surface area contributed by atoms with Gasteiger partial charge in [-0.2, -0.15) is 0 Å². The van der Waals surface area contributed by atoms with Crippen LogP contribution in [0, 0.1) is 0 Å². The molecule has 0 aliphatic heterocycles. The quantitative estimate of drug-likeness (QED) is 0.162. The van der Waals surface area contributed by atoms with Gasteiger partial charge in [-0.25, -0.2) is 0 Å². The van der Waals surface area contributed by atoms with Crippen molar-refractivity contribution in [1.82, 2.24) is 4.90 Å². The summed E-state index contributed by atoms with van der Waals surface area (Å²) < 4.78 is 15.9. The highest BCUT2D eigenvalue weighted by Crippen LogP contribution is 2.03. The summed E-state index contributed by atoms with van der Waals surface area (Å²) in [5, 5.41) is 0. The molecule has 0 heterocycles. The molecule has 0 saturated heterocycles. The van der Waals surface area contributed by atoms with E-state index in [0.29, 0.717) is 38.9 Å². The van der Waals surface area contributed by atoms with Gasteiger partial charge in [0.15, 0.2) is 0 Å². The number of carbonyl (C=O) groups is 3. The Labute approximate surface area is 182 Å². The molecule has 0 aliphatic rings. The monoisotopic (exact) mass is 429 g/mol. The van der Waals surface area contributed by atoms with E-state index in [2.05, 4.69) is 13.8 Å². The predicted molar refractivity (Wildman–Crippen MR) is 117 cm³/mol. The average molecular weight is 430 g/mol. The topological polar surface area (TPSA) is 82.1 Å². The third-order valence-electron chi connectivity index (χ3n) is 4.72. The first-order valence-electron chi connectivity index (χ1n) is 11.7. The summed E-state index contributed by atoms with van der Waals surface area (Å²) in [6.07, 6.45) is 8.96. The molecule has 176 valence electrons. The molecule has 7 heteroatoms. The van der Waals surface area contributed by atoms with Gasteiger partial charge >= 0.3 is 17.9 Å². The third-order valence-corrected chi connectivity index (χ3v) is 4.72. The number of unbranched alkanes of at least 4 members (excludes halogenated alkanes) is 5. The lowest BCUT2D eigenvalue weighted by Gasteiger charge is -2.22. The zero-order chi connectivity index (χ0) is 22.5. The lowest BCUT2D eigenvalue weighted by Crippen LogP contribution is -2.35. The standard InChI is InChI=1S/C23H43NO6/c1-4-7-10-13-22(26)29-19-16-24(15-18-28-21(25)12-9-6-3)17-20-30-23(27)14-11-8-5-2/h4-20H2,1-3H3. The summed E-state index contributed by atoms with van der Waals surface area (Å²) in [4.78, 5) is 37.2. The van der Waals surface area contributed by atoms with Crippen molar-refractivity contribution in [2.24, 2.45) is 0 Å². The van der Waals surface area contributed by atoms with E-state index >= 15 is 0 Å². The van der Waals surface area contributed by atoms with Gasteiger partial charge in [0.1, 0.15) is 19.8 Å². The van der Waals surface area contributed by atoms with Crippen molar-refractivity contribution in [3.05, 3.63) is 0 Å². The molecule has 0 N–H and O–H groups in total. The van der Waals surface area contributed by atoms with Crippen LogP contribution in [-0.2, 0) is 28.6 Å². The van der Waals surface area contributed by atoms with Gasteiger partial charge in [0.2, 0.25) is 0 Å². The Morgan fingerprint density at radius 3 is 1.20 bits per heavy atom. The van der Waals surface area contributed by atoms with Crippen molar-refractivity contribution in [3.63, 3.8) is 0 Å². The summed E-state index contributed by atoms with van der Waals surface area (Å²) in [6.45, 7) is 8.58. The average Bonchev–Trinajstić information content (AvgIpc) is 2.72. The van der Waals surface area contributed by atoms with Crippen LogP contribution in [0.25, 0.3) is 0 Å². The molecule has 0 aromatic rings. The van der Waals surface area contributed by atoms with E-state index in [4.69, 9.17) is 14.2 Å². The molecule has 7 nitrogen and oxygen atoms in total. The van der Waals surface area contributed by atoms with Crippen molar-refractivity contribution in [2.75, 3.05) is 39.5 Å². The van der Waals surface area contributed by atoms with Crippen LogP contribution < -0.4 is 0 Å². The minimum atomic E-state index is -0.193. The highest BCUT2D eigenvalue weighted by molar-refractivity contribution is 5.69. The molecule has 0 aromatic carbocycles. The molecule has 0 aromatic heterocycles. The minimum Gasteiger partial charge on any atom is -0.464 e. The van der Waals surface area contributed by atoms with Gasteiger partial charge in [0.25, 0.3) is 0 Å². The predicted octanol–water partition coefficient (Wildman–Crippen LogP) is 4.27. The first-order valence-corrected chi connectivity index (χ1v) is 11.7. The van der Waals surface area contributed by atoms with Gasteiger partial charge in [0, 0.05) is 38.9 Å². The largest absolute Gasteiger partial charge is 0.464 e. The van der Waals surface area contributed by atoms with Gasteiger partial charge < -0.3 is 14.2 Å². The summed E-state index contributed by atoms with van der Waals surface area (Å²) in [6, 6.07) is 0. The Morgan fingerprint density at radius 2 is 0.867 bits per heavy atom. The molecular formula is C23H43NO6. The summed E-state index contributed by atoms with van der Waals surface area (Å²) in [5.74, 6) is -0.560. The van der Waals surface area contributed by atoms with E-state index in [9.17, 15) is 14.4 Å². The van der Waals surface area contributed by atoms with Gasteiger partial charge in [-0.15, -0.1) is 0 Å². The van der Waals surface area contributed by atoms with Crippen LogP contribution in [0.4, 0.5) is 0 Å². The molecule has 30 heavy (non-hydrogen) atoms. The first-order chi connectivity index (χ1) is 14.5. The summed E-state index contributed by atoms with van der Waals surface area (Å²) >= 11 is 0. The molecule has 0 aliphatic carbocycles. The second-order valence-corrected chi connectivity index (χ2v) is 7.52. The summed E-state index contributed by atoms with van der Waals surface area (Å²) in [7, 11) is 0. The molecular weight excluding hydrogens is 386 g/mol. The molecule has 0 fully saturated rings. The Bertz CT molecular complexity index is 427. The number of nitrogens with zero attached hydrogens (tertiary/aromatic N) is 1. The normalized spacial score (nSPS) is 10.8. The molecule has 0 unspecified atom stereocenters. The fraction of sp³-hybridized carbons (Fsp3) is 0.870. The van der Waals surface area contributed by atoms with E-state index in [1.54, 1.807) is 0 Å². The van der Waals surface area contributed by atoms with Crippen LogP contribution in [0.2, 0.25) is 0 Å². The molecule has 0 amide bonds. The van der Waals surface area contributed by atoms with E-state index < -0.39 is 0 Å². The molecule has 0 radical (unpaired) electrons. The van der Waals surface area contributed by atoms with Crippen molar-refractivity contribution in [3.8, 4) is 0 Å². The Morgan fingerprint density at radius 1 is 0.533 bits per heavy atom. The van der Waals surface area contributed by atoms with Crippen molar-refractivity contribution in [2.45, 2.75) is 91.4 Å².